The molecule has 0 bridgehead atoms. The van der Waals surface area contributed by atoms with Crippen molar-refractivity contribution in [3.8, 4) is 5.75 Å². The van der Waals surface area contributed by atoms with Crippen LogP contribution in [0.2, 0.25) is 0 Å². The molecule has 0 spiro atoms. The molecule has 128 valence electrons. The summed E-state index contributed by atoms with van der Waals surface area (Å²) in [7, 11) is 1.65. The van der Waals surface area contributed by atoms with Crippen molar-refractivity contribution in [3.63, 3.8) is 0 Å². The van der Waals surface area contributed by atoms with E-state index in [1.54, 1.807) is 7.11 Å². The molecule has 0 aliphatic rings. The molecule has 0 aliphatic carbocycles. The topological polar surface area (TPSA) is 41.6 Å². The van der Waals surface area contributed by atoms with Gasteiger partial charge in [0.2, 0.25) is 0 Å². The highest BCUT2D eigenvalue weighted by Crippen LogP contribution is 2.25. The molecule has 24 heavy (non-hydrogen) atoms. The summed E-state index contributed by atoms with van der Waals surface area (Å²) < 4.78 is 5.28. The van der Waals surface area contributed by atoms with E-state index in [9.17, 15) is 4.79 Å². The third-order valence-corrected chi connectivity index (χ3v) is 4.27. The summed E-state index contributed by atoms with van der Waals surface area (Å²) >= 11 is 0. The van der Waals surface area contributed by atoms with Crippen LogP contribution in [0.4, 0.5) is 10.5 Å². The molecule has 0 aliphatic heterocycles. The van der Waals surface area contributed by atoms with E-state index in [1.807, 2.05) is 69.0 Å². The van der Waals surface area contributed by atoms with Crippen LogP contribution in [-0.2, 0) is 0 Å². The maximum absolute atomic E-state index is 12.7. The van der Waals surface area contributed by atoms with Crippen LogP contribution >= 0.6 is 0 Å². The van der Waals surface area contributed by atoms with E-state index >= 15 is 0 Å². The Hall–Kier alpha value is -2.49. The quantitative estimate of drug-likeness (QED) is 0.846. The summed E-state index contributed by atoms with van der Waals surface area (Å²) in [5.74, 6) is 0.796. The lowest BCUT2D eigenvalue weighted by Gasteiger charge is -2.29. The Bertz CT molecular complexity index is 713. The first-order valence-electron chi connectivity index (χ1n) is 8.25. The van der Waals surface area contributed by atoms with E-state index in [0.717, 1.165) is 22.6 Å². The predicted octanol–water partition coefficient (Wildman–Crippen LogP) is 4.93. The third kappa shape index (κ3) is 4.07. The summed E-state index contributed by atoms with van der Waals surface area (Å²) in [5, 5.41) is 3.02. The highest BCUT2D eigenvalue weighted by atomic mass is 16.5. The largest absolute Gasteiger partial charge is 0.497 e. The predicted molar refractivity (Wildman–Crippen MR) is 98.7 cm³/mol. The van der Waals surface area contributed by atoms with Gasteiger partial charge >= 0.3 is 6.03 Å². The van der Waals surface area contributed by atoms with Gasteiger partial charge in [0.15, 0.2) is 0 Å². The summed E-state index contributed by atoms with van der Waals surface area (Å²) in [6, 6.07) is 13.7. The van der Waals surface area contributed by atoms with Crippen LogP contribution in [-0.4, -0.2) is 24.6 Å². The summed E-state index contributed by atoms with van der Waals surface area (Å²) in [4.78, 5) is 14.5. The van der Waals surface area contributed by atoms with Crippen LogP contribution in [0.3, 0.4) is 0 Å². The van der Waals surface area contributed by atoms with E-state index in [-0.39, 0.29) is 12.1 Å². The van der Waals surface area contributed by atoms with Gasteiger partial charge in [-0.25, -0.2) is 4.79 Å². The molecule has 4 nitrogen and oxygen atoms in total. The number of carbonyl (C=O) groups excluding carboxylic acids is 1. The van der Waals surface area contributed by atoms with Crippen LogP contribution in [0.25, 0.3) is 0 Å². The lowest BCUT2D eigenvalue weighted by atomic mass is 10.1. The van der Waals surface area contributed by atoms with Crippen molar-refractivity contribution in [1.82, 2.24) is 4.90 Å². The number of rotatable bonds is 5. The number of nitrogens with zero attached hydrogens (tertiary/aromatic N) is 1. The second-order valence-electron chi connectivity index (χ2n) is 5.99. The fourth-order valence-corrected chi connectivity index (χ4v) is 2.82. The van der Waals surface area contributed by atoms with Crippen molar-refractivity contribution in [2.45, 2.75) is 33.7 Å². The Balaban J connectivity index is 2.18. The molecule has 0 fully saturated rings. The van der Waals surface area contributed by atoms with Crippen molar-refractivity contribution in [2.75, 3.05) is 19.0 Å². The van der Waals surface area contributed by atoms with Gasteiger partial charge in [-0.2, -0.15) is 0 Å². The molecule has 2 rings (SSSR count). The number of carbonyl (C=O) groups is 1. The zero-order valence-electron chi connectivity index (χ0n) is 15.1. The summed E-state index contributed by atoms with van der Waals surface area (Å²) in [5.41, 5.74) is 4.14. The smallest absolute Gasteiger partial charge is 0.322 e. The molecule has 4 heteroatoms. The maximum atomic E-state index is 12.7. The van der Waals surface area contributed by atoms with Gasteiger partial charge in [-0.3, -0.25) is 0 Å². The standard InChI is InChI=1S/C20H26N2O2/c1-6-22(16(4)17-8-7-9-18(13-17)24-5)20(23)21-19-11-10-14(2)12-15(19)3/h7-13,16H,6H2,1-5H3,(H,21,23)/t16-/m0/s1. The van der Waals surface area contributed by atoms with Crippen molar-refractivity contribution < 1.29 is 9.53 Å². The second-order valence-corrected chi connectivity index (χ2v) is 5.99. The molecule has 0 saturated carbocycles. The fraction of sp³-hybridized carbons (Fsp3) is 0.350. The average Bonchev–Trinajstić information content (AvgIpc) is 2.58. The third-order valence-electron chi connectivity index (χ3n) is 4.27. The van der Waals surface area contributed by atoms with E-state index in [2.05, 4.69) is 11.4 Å². The van der Waals surface area contributed by atoms with Crippen LogP contribution in [0.1, 0.15) is 36.6 Å². The van der Waals surface area contributed by atoms with E-state index < -0.39 is 0 Å². The number of methoxy groups -OCH3 is 1. The van der Waals surface area contributed by atoms with E-state index in [0.29, 0.717) is 6.54 Å². The number of benzene rings is 2. The molecule has 1 N–H and O–H groups in total. The molecule has 2 aromatic carbocycles. The number of amides is 2. The van der Waals surface area contributed by atoms with Crippen LogP contribution in [0.15, 0.2) is 42.5 Å². The zero-order chi connectivity index (χ0) is 17.7. The highest BCUT2D eigenvalue weighted by molar-refractivity contribution is 5.90. The summed E-state index contributed by atoms with van der Waals surface area (Å²) in [6.07, 6.45) is 0. The Morgan fingerprint density at radius 3 is 2.58 bits per heavy atom. The normalized spacial score (nSPS) is 11.7. The molecule has 2 aromatic rings. The first-order valence-corrected chi connectivity index (χ1v) is 8.25. The van der Waals surface area contributed by atoms with Crippen LogP contribution in [0, 0.1) is 13.8 Å². The molecule has 1 atom stereocenters. The van der Waals surface area contributed by atoms with Gasteiger partial charge in [-0.05, 0) is 57.0 Å². The monoisotopic (exact) mass is 326 g/mol. The van der Waals surface area contributed by atoms with E-state index in [1.165, 1.54) is 5.56 Å². The molecular formula is C20H26N2O2. The lowest BCUT2D eigenvalue weighted by molar-refractivity contribution is 0.197. The number of aryl methyl sites for hydroxylation is 2. The minimum Gasteiger partial charge on any atom is -0.497 e. The van der Waals surface area contributed by atoms with Crippen molar-refractivity contribution in [1.29, 1.82) is 0 Å². The Kier molecular flexibility index (Phi) is 5.85. The lowest BCUT2D eigenvalue weighted by Crippen LogP contribution is -2.37. The molecular weight excluding hydrogens is 300 g/mol. The Morgan fingerprint density at radius 1 is 1.21 bits per heavy atom. The van der Waals surface area contributed by atoms with Crippen molar-refractivity contribution in [2.24, 2.45) is 0 Å². The van der Waals surface area contributed by atoms with Crippen LogP contribution in [0.5, 0.6) is 5.75 Å². The molecule has 0 aromatic heterocycles. The molecule has 0 unspecified atom stereocenters. The number of nitrogens with one attached hydrogen (secondary N) is 1. The first kappa shape index (κ1) is 17.9. The minimum absolute atomic E-state index is 0.0455. The second kappa shape index (κ2) is 7.86. The van der Waals surface area contributed by atoms with Crippen LogP contribution < -0.4 is 10.1 Å². The first-order chi connectivity index (χ1) is 11.5. The SMILES string of the molecule is CCN(C(=O)Nc1ccc(C)cc1C)[C@@H](C)c1cccc(OC)c1. The van der Waals surface area contributed by atoms with Gasteiger partial charge in [-0.1, -0.05) is 29.8 Å². The average molecular weight is 326 g/mol. The zero-order valence-corrected chi connectivity index (χ0v) is 15.1. The number of urea groups is 1. The Morgan fingerprint density at radius 2 is 1.96 bits per heavy atom. The maximum Gasteiger partial charge on any atom is 0.322 e. The number of hydrogen-bond acceptors (Lipinski definition) is 2. The summed E-state index contributed by atoms with van der Waals surface area (Å²) in [6.45, 7) is 8.68. The van der Waals surface area contributed by atoms with E-state index in [4.69, 9.17) is 4.74 Å². The van der Waals surface area contributed by atoms with Gasteiger partial charge in [0, 0.05) is 12.2 Å². The van der Waals surface area contributed by atoms with Crippen molar-refractivity contribution >= 4 is 11.7 Å². The molecule has 0 heterocycles. The van der Waals surface area contributed by atoms with Gasteiger partial charge < -0.3 is 15.0 Å². The molecule has 2 amide bonds. The van der Waals surface area contributed by atoms with Gasteiger partial charge in [-0.15, -0.1) is 0 Å². The molecule has 0 saturated heterocycles. The number of anilines is 1. The van der Waals surface area contributed by atoms with Gasteiger partial charge in [0.25, 0.3) is 0 Å². The number of hydrogen-bond donors (Lipinski definition) is 1. The van der Waals surface area contributed by atoms with Crippen molar-refractivity contribution in [3.05, 3.63) is 59.2 Å². The minimum atomic E-state index is -0.0974. The van der Waals surface area contributed by atoms with Gasteiger partial charge in [0.05, 0.1) is 13.2 Å². The highest BCUT2D eigenvalue weighted by Gasteiger charge is 2.20. The van der Waals surface area contributed by atoms with Gasteiger partial charge in [0.1, 0.15) is 5.75 Å². The fourth-order valence-electron chi connectivity index (χ4n) is 2.82. The molecule has 0 radical (unpaired) electrons. The Labute approximate surface area is 144 Å². The number of ether oxygens (including phenoxy) is 1.